The van der Waals surface area contributed by atoms with Crippen molar-refractivity contribution in [1.29, 1.82) is 0 Å². The van der Waals surface area contributed by atoms with E-state index in [9.17, 15) is 9.59 Å². The Kier molecular flexibility index (Phi) is 4.65. The largest absolute Gasteiger partial charge is 0.478 e. The van der Waals surface area contributed by atoms with Gasteiger partial charge in [0.1, 0.15) is 17.1 Å². The van der Waals surface area contributed by atoms with Crippen LogP contribution in [0.3, 0.4) is 0 Å². The van der Waals surface area contributed by atoms with Crippen molar-refractivity contribution in [2.75, 3.05) is 7.05 Å². The maximum absolute atomic E-state index is 12.4. The summed E-state index contributed by atoms with van der Waals surface area (Å²) in [6, 6.07) is 11.0. The summed E-state index contributed by atoms with van der Waals surface area (Å²) in [5.41, 5.74) is 1.08. The number of furan rings is 1. The van der Waals surface area contributed by atoms with Crippen LogP contribution in [0.25, 0.3) is 0 Å². The number of carbonyl (C=O) groups excluding carboxylic acids is 1. The van der Waals surface area contributed by atoms with Crippen LogP contribution in [0.5, 0.6) is 0 Å². The van der Waals surface area contributed by atoms with Crippen molar-refractivity contribution in [1.82, 2.24) is 4.90 Å². The molecule has 1 atom stereocenters. The number of likely N-dealkylation sites (N-methyl/N-ethyl adjacent to an activating group) is 1. The summed E-state index contributed by atoms with van der Waals surface area (Å²) in [4.78, 5) is 25.0. The lowest BCUT2D eigenvalue weighted by molar-refractivity contribution is -0.131. The Hall–Kier alpha value is -2.56. The number of aromatic carboxylic acids is 1. The van der Waals surface area contributed by atoms with E-state index in [2.05, 4.69) is 0 Å². The molecule has 0 fully saturated rings. The second-order valence-electron chi connectivity index (χ2n) is 5.31. The molecule has 1 N–H and O–H groups in total. The average Bonchev–Trinajstić information content (AvgIpc) is 2.87. The third-order valence-corrected chi connectivity index (χ3v) is 3.64. The number of nitrogens with zero attached hydrogens (tertiary/aromatic N) is 1. The highest BCUT2D eigenvalue weighted by atomic mass is 16.4. The van der Waals surface area contributed by atoms with E-state index in [0.717, 1.165) is 5.56 Å². The van der Waals surface area contributed by atoms with Crippen LogP contribution in [0.4, 0.5) is 0 Å². The van der Waals surface area contributed by atoms with Crippen LogP contribution < -0.4 is 0 Å². The number of carbonyl (C=O) groups is 2. The first-order valence-corrected chi connectivity index (χ1v) is 7.02. The maximum atomic E-state index is 12.4. The molecular weight excluding hydrogens is 282 g/mol. The number of aryl methyl sites for hydroxylation is 1. The summed E-state index contributed by atoms with van der Waals surface area (Å²) in [5.74, 6) is -0.525. The van der Waals surface area contributed by atoms with Gasteiger partial charge in [-0.05, 0) is 25.5 Å². The number of carboxylic acid groups (broad SMARTS) is 1. The highest BCUT2D eigenvalue weighted by Gasteiger charge is 2.21. The molecular formula is C17H19NO4. The second-order valence-corrected chi connectivity index (χ2v) is 5.31. The highest BCUT2D eigenvalue weighted by molar-refractivity contribution is 5.89. The Labute approximate surface area is 129 Å². The van der Waals surface area contributed by atoms with Crippen LogP contribution >= 0.6 is 0 Å². The molecule has 0 aliphatic rings. The summed E-state index contributed by atoms with van der Waals surface area (Å²) in [6.45, 7) is 3.69. The Balaban J connectivity index is 2.08. The number of hydrogen-bond acceptors (Lipinski definition) is 3. The summed E-state index contributed by atoms with van der Waals surface area (Å²) < 4.78 is 5.41. The number of carboxylic acids is 1. The van der Waals surface area contributed by atoms with Crippen molar-refractivity contribution in [3.8, 4) is 0 Å². The fraction of sp³-hybridized carbons (Fsp3) is 0.294. The Morgan fingerprint density at radius 3 is 2.45 bits per heavy atom. The SMILES string of the molecule is Cc1oc(CN(C)C(=O)C(C)c2ccccc2)cc1C(=O)O. The molecule has 5 heteroatoms. The van der Waals surface area contributed by atoms with Gasteiger partial charge in [0.15, 0.2) is 0 Å². The van der Waals surface area contributed by atoms with Gasteiger partial charge in [-0.2, -0.15) is 0 Å². The fourth-order valence-electron chi connectivity index (χ4n) is 2.36. The third-order valence-electron chi connectivity index (χ3n) is 3.64. The first-order chi connectivity index (χ1) is 10.4. The lowest BCUT2D eigenvalue weighted by Crippen LogP contribution is -2.30. The van der Waals surface area contributed by atoms with Gasteiger partial charge in [0, 0.05) is 7.05 Å². The molecule has 0 saturated heterocycles. The van der Waals surface area contributed by atoms with Gasteiger partial charge in [-0.1, -0.05) is 30.3 Å². The van der Waals surface area contributed by atoms with Gasteiger partial charge in [0.25, 0.3) is 0 Å². The van der Waals surface area contributed by atoms with Gasteiger partial charge in [-0.3, -0.25) is 4.79 Å². The van der Waals surface area contributed by atoms with Gasteiger partial charge in [0.05, 0.1) is 12.5 Å². The number of benzene rings is 1. The molecule has 0 aliphatic heterocycles. The number of hydrogen-bond donors (Lipinski definition) is 1. The Morgan fingerprint density at radius 2 is 1.91 bits per heavy atom. The Bertz CT molecular complexity index is 675. The molecule has 22 heavy (non-hydrogen) atoms. The molecule has 0 saturated carbocycles. The molecule has 0 bridgehead atoms. The predicted molar refractivity (Wildman–Crippen MR) is 81.7 cm³/mol. The van der Waals surface area contributed by atoms with Gasteiger partial charge < -0.3 is 14.4 Å². The van der Waals surface area contributed by atoms with E-state index in [-0.39, 0.29) is 23.9 Å². The van der Waals surface area contributed by atoms with E-state index in [1.807, 2.05) is 37.3 Å². The second kappa shape index (κ2) is 6.47. The molecule has 2 aromatic rings. The van der Waals surface area contributed by atoms with Gasteiger partial charge >= 0.3 is 5.97 Å². The van der Waals surface area contributed by atoms with Crippen LogP contribution in [-0.2, 0) is 11.3 Å². The van der Waals surface area contributed by atoms with Crippen molar-refractivity contribution in [3.05, 3.63) is 59.0 Å². The van der Waals surface area contributed by atoms with E-state index < -0.39 is 5.97 Å². The monoisotopic (exact) mass is 301 g/mol. The molecule has 1 aromatic carbocycles. The van der Waals surface area contributed by atoms with E-state index in [1.165, 1.54) is 6.07 Å². The topological polar surface area (TPSA) is 70.8 Å². The molecule has 116 valence electrons. The molecule has 0 aliphatic carbocycles. The van der Waals surface area contributed by atoms with Crippen molar-refractivity contribution in [2.24, 2.45) is 0 Å². The zero-order valence-corrected chi connectivity index (χ0v) is 12.9. The molecule has 2 rings (SSSR count). The number of amides is 1. The first-order valence-electron chi connectivity index (χ1n) is 7.02. The van der Waals surface area contributed by atoms with Crippen molar-refractivity contribution >= 4 is 11.9 Å². The van der Waals surface area contributed by atoms with Crippen LogP contribution in [0.1, 0.15) is 40.3 Å². The molecule has 5 nitrogen and oxygen atoms in total. The first kappa shape index (κ1) is 15.8. The van der Waals surface area contributed by atoms with Crippen LogP contribution in [0.15, 0.2) is 40.8 Å². The molecule has 1 amide bonds. The van der Waals surface area contributed by atoms with Gasteiger partial charge in [-0.15, -0.1) is 0 Å². The molecule has 1 aromatic heterocycles. The predicted octanol–water partition coefficient (Wildman–Crippen LogP) is 3.05. The molecule has 1 unspecified atom stereocenters. The molecule has 0 radical (unpaired) electrons. The van der Waals surface area contributed by atoms with Gasteiger partial charge in [0.2, 0.25) is 5.91 Å². The summed E-state index contributed by atoms with van der Waals surface area (Å²) in [7, 11) is 1.68. The normalized spacial score (nSPS) is 12.0. The minimum atomic E-state index is -1.03. The van der Waals surface area contributed by atoms with Crippen molar-refractivity contribution < 1.29 is 19.1 Å². The summed E-state index contributed by atoms with van der Waals surface area (Å²) in [5, 5.41) is 9.02. The Morgan fingerprint density at radius 1 is 1.27 bits per heavy atom. The summed E-state index contributed by atoms with van der Waals surface area (Å²) >= 11 is 0. The van der Waals surface area contributed by atoms with Crippen LogP contribution in [0, 0.1) is 6.92 Å². The van der Waals surface area contributed by atoms with E-state index in [0.29, 0.717) is 11.5 Å². The quantitative estimate of drug-likeness (QED) is 0.921. The van der Waals surface area contributed by atoms with Crippen molar-refractivity contribution in [2.45, 2.75) is 26.3 Å². The van der Waals surface area contributed by atoms with E-state index >= 15 is 0 Å². The number of rotatable bonds is 5. The van der Waals surface area contributed by atoms with Crippen molar-refractivity contribution in [3.63, 3.8) is 0 Å². The zero-order valence-electron chi connectivity index (χ0n) is 12.9. The van der Waals surface area contributed by atoms with E-state index in [4.69, 9.17) is 9.52 Å². The lowest BCUT2D eigenvalue weighted by Gasteiger charge is -2.20. The highest BCUT2D eigenvalue weighted by Crippen LogP contribution is 2.20. The smallest absolute Gasteiger partial charge is 0.339 e. The minimum Gasteiger partial charge on any atom is -0.478 e. The zero-order chi connectivity index (χ0) is 16.3. The van der Waals surface area contributed by atoms with Crippen LogP contribution in [-0.4, -0.2) is 28.9 Å². The average molecular weight is 301 g/mol. The summed E-state index contributed by atoms with van der Waals surface area (Å²) in [6.07, 6.45) is 0. The van der Waals surface area contributed by atoms with Crippen LogP contribution in [0.2, 0.25) is 0 Å². The molecule has 1 heterocycles. The van der Waals surface area contributed by atoms with E-state index in [1.54, 1.807) is 18.9 Å². The van der Waals surface area contributed by atoms with Gasteiger partial charge in [-0.25, -0.2) is 4.79 Å². The standard InChI is InChI=1S/C17H19NO4/c1-11(13-7-5-4-6-8-13)16(19)18(3)10-14-9-15(17(20)21)12(2)22-14/h4-9,11H,10H2,1-3H3,(H,20,21). The fourth-order valence-corrected chi connectivity index (χ4v) is 2.36. The third kappa shape index (κ3) is 3.36. The maximum Gasteiger partial charge on any atom is 0.339 e. The minimum absolute atomic E-state index is 0.0443. The lowest BCUT2D eigenvalue weighted by atomic mass is 10.00. The molecule has 0 spiro atoms.